The average molecular weight is 453 g/mol. The van der Waals surface area contributed by atoms with Gasteiger partial charge in [0.15, 0.2) is 0 Å². The summed E-state index contributed by atoms with van der Waals surface area (Å²) in [6, 6.07) is 7.78. The van der Waals surface area contributed by atoms with Crippen molar-refractivity contribution >= 4 is 0 Å². The highest BCUT2D eigenvalue weighted by molar-refractivity contribution is 5.68. The van der Waals surface area contributed by atoms with Crippen molar-refractivity contribution in [2.45, 2.75) is 43.9 Å². The summed E-state index contributed by atoms with van der Waals surface area (Å²) in [5.74, 6) is 6.48. The Kier molecular flexibility index (Phi) is 6.47. The standard InChI is InChI=1S/C25H28N2O6/c28-24-26-23(33-10-5-20-17-31-13-14-32-20)16-22-21-2-1-18(15-19(21)4-9-27(22)24)3-6-25(29)7-11-30-12-8-25/h1-2,15-16,20,29H,4-5,7-14,17H2/t20-/m0/s1. The summed E-state index contributed by atoms with van der Waals surface area (Å²) < 4.78 is 23.8. The Labute approximate surface area is 192 Å². The number of hydrogen-bond acceptors (Lipinski definition) is 7. The van der Waals surface area contributed by atoms with E-state index in [4.69, 9.17) is 18.9 Å². The van der Waals surface area contributed by atoms with Crippen molar-refractivity contribution in [3.63, 3.8) is 0 Å². The Morgan fingerprint density at radius 2 is 2.06 bits per heavy atom. The number of hydrogen-bond donors (Lipinski definition) is 1. The van der Waals surface area contributed by atoms with Crippen LogP contribution in [-0.2, 0) is 27.2 Å². The lowest BCUT2D eigenvalue weighted by Gasteiger charge is -2.26. The molecule has 5 rings (SSSR count). The van der Waals surface area contributed by atoms with Gasteiger partial charge in [0, 0.05) is 43.0 Å². The van der Waals surface area contributed by atoms with Crippen LogP contribution in [0.1, 0.15) is 30.4 Å². The zero-order valence-electron chi connectivity index (χ0n) is 18.5. The summed E-state index contributed by atoms with van der Waals surface area (Å²) >= 11 is 0. The molecule has 0 saturated carbocycles. The number of nitrogens with zero attached hydrogens (tertiary/aromatic N) is 2. The van der Waals surface area contributed by atoms with E-state index >= 15 is 0 Å². The van der Waals surface area contributed by atoms with Crippen molar-refractivity contribution in [3.05, 3.63) is 45.9 Å². The fourth-order valence-electron chi connectivity index (χ4n) is 4.38. The van der Waals surface area contributed by atoms with Gasteiger partial charge in [-0.3, -0.25) is 4.57 Å². The van der Waals surface area contributed by atoms with Crippen LogP contribution in [0, 0.1) is 11.8 Å². The molecule has 33 heavy (non-hydrogen) atoms. The van der Waals surface area contributed by atoms with Crippen molar-refractivity contribution < 1.29 is 24.1 Å². The number of aryl methyl sites for hydroxylation is 1. The highest BCUT2D eigenvalue weighted by atomic mass is 16.6. The maximum absolute atomic E-state index is 12.6. The fraction of sp³-hybridized carbons (Fsp3) is 0.520. The molecule has 2 aromatic rings. The Morgan fingerprint density at radius 3 is 2.88 bits per heavy atom. The number of aromatic nitrogens is 2. The van der Waals surface area contributed by atoms with Crippen LogP contribution in [-0.4, -0.2) is 66.0 Å². The van der Waals surface area contributed by atoms with Gasteiger partial charge in [0.25, 0.3) is 0 Å². The maximum atomic E-state index is 12.6. The maximum Gasteiger partial charge on any atom is 0.351 e. The lowest BCUT2D eigenvalue weighted by Crippen LogP contribution is -2.34. The van der Waals surface area contributed by atoms with Gasteiger partial charge in [-0.15, -0.1) is 0 Å². The number of ether oxygens (including phenoxy) is 4. The third-order valence-corrected chi connectivity index (χ3v) is 6.31. The third kappa shape index (κ3) is 5.12. The molecule has 8 nitrogen and oxygen atoms in total. The second kappa shape index (κ2) is 9.65. The van der Waals surface area contributed by atoms with Gasteiger partial charge in [0.2, 0.25) is 5.88 Å². The summed E-state index contributed by atoms with van der Waals surface area (Å²) in [5, 5.41) is 10.6. The first-order chi connectivity index (χ1) is 16.1. The van der Waals surface area contributed by atoms with Gasteiger partial charge in [0.1, 0.15) is 5.60 Å². The Morgan fingerprint density at radius 1 is 1.18 bits per heavy atom. The molecular formula is C25H28N2O6. The topological polar surface area (TPSA) is 92.0 Å². The van der Waals surface area contributed by atoms with Crippen LogP contribution in [0.2, 0.25) is 0 Å². The van der Waals surface area contributed by atoms with Crippen LogP contribution in [0.4, 0.5) is 0 Å². The van der Waals surface area contributed by atoms with E-state index < -0.39 is 5.60 Å². The molecule has 3 aliphatic heterocycles. The quantitative estimate of drug-likeness (QED) is 0.704. The number of aliphatic hydroxyl groups is 1. The molecule has 0 amide bonds. The van der Waals surface area contributed by atoms with Gasteiger partial charge in [0.05, 0.1) is 51.4 Å². The van der Waals surface area contributed by atoms with Crippen LogP contribution in [0.15, 0.2) is 29.1 Å². The normalized spacial score (nSPS) is 21.3. The molecule has 3 aliphatic rings. The van der Waals surface area contributed by atoms with Gasteiger partial charge >= 0.3 is 5.69 Å². The van der Waals surface area contributed by atoms with E-state index in [1.54, 1.807) is 4.57 Å². The molecule has 2 saturated heterocycles. The minimum Gasteiger partial charge on any atom is -0.477 e. The molecule has 4 heterocycles. The van der Waals surface area contributed by atoms with Gasteiger partial charge in [-0.2, -0.15) is 4.98 Å². The van der Waals surface area contributed by atoms with E-state index in [0.29, 0.717) is 71.3 Å². The molecule has 0 unspecified atom stereocenters. The summed E-state index contributed by atoms with van der Waals surface area (Å²) in [6.07, 6.45) is 2.46. The summed E-state index contributed by atoms with van der Waals surface area (Å²) in [6.45, 7) is 3.80. The van der Waals surface area contributed by atoms with Gasteiger partial charge < -0.3 is 24.1 Å². The van der Waals surface area contributed by atoms with Crippen LogP contribution in [0.25, 0.3) is 11.3 Å². The van der Waals surface area contributed by atoms with Crippen molar-refractivity contribution in [3.8, 4) is 29.0 Å². The molecule has 0 aliphatic carbocycles. The Hall–Kier alpha value is -2.70. The van der Waals surface area contributed by atoms with Gasteiger partial charge in [-0.05, 0) is 24.1 Å². The Balaban J connectivity index is 1.33. The first kappa shape index (κ1) is 22.1. The van der Waals surface area contributed by atoms with Crippen molar-refractivity contribution in [2.24, 2.45) is 0 Å². The van der Waals surface area contributed by atoms with E-state index in [2.05, 4.69) is 16.8 Å². The van der Waals surface area contributed by atoms with Crippen molar-refractivity contribution in [1.82, 2.24) is 9.55 Å². The second-order valence-electron chi connectivity index (χ2n) is 8.63. The van der Waals surface area contributed by atoms with Gasteiger partial charge in [-0.1, -0.05) is 17.9 Å². The first-order valence-corrected chi connectivity index (χ1v) is 11.5. The average Bonchev–Trinajstić information content (AvgIpc) is 2.84. The van der Waals surface area contributed by atoms with E-state index in [9.17, 15) is 9.90 Å². The molecule has 0 bridgehead atoms. The summed E-state index contributed by atoms with van der Waals surface area (Å²) in [7, 11) is 0. The monoisotopic (exact) mass is 452 g/mol. The van der Waals surface area contributed by atoms with Crippen LogP contribution >= 0.6 is 0 Å². The van der Waals surface area contributed by atoms with E-state index in [0.717, 1.165) is 28.8 Å². The van der Waals surface area contributed by atoms with Crippen LogP contribution < -0.4 is 10.4 Å². The first-order valence-electron chi connectivity index (χ1n) is 11.5. The molecule has 8 heteroatoms. The van der Waals surface area contributed by atoms with E-state index in [-0.39, 0.29) is 11.8 Å². The van der Waals surface area contributed by atoms with Gasteiger partial charge in [-0.25, -0.2) is 4.79 Å². The lowest BCUT2D eigenvalue weighted by atomic mass is 9.93. The second-order valence-corrected chi connectivity index (χ2v) is 8.63. The zero-order chi connectivity index (χ0) is 22.7. The number of fused-ring (bicyclic) bond motifs is 3. The lowest BCUT2D eigenvalue weighted by molar-refractivity contribution is -0.0936. The smallest absolute Gasteiger partial charge is 0.351 e. The van der Waals surface area contributed by atoms with Crippen molar-refractivity contribution in [1.29, 1.82) is 0 Å². The zero-order valence-corrected chi connectivity index (χ0v) is 18.5. The molecular weight excluding hydrogens is 424 g/mol. The molecule has 2 fully saturated rings. The minimum atomic E-state index is -0.985. The Bertz CT molecular complexity index is 1120. The predicted molar refractivity (Wildman–Crippen MR) is 120 cm³/mol. The summed E-state index contributed by atoms with van der Waals surface area (Å²) in [5.41, 5.74) is 2.45. The fourth-order valence-corrected chi connectivity index (χ4v) is 4.38. The highest BCUT2D eigenvalue weighted by Crippen LogP contribution is 2.30. The SMILES string of the molecule is O=c1nc(OCC[C@H]2COCCO2)cc2n1CCc1cc(C#CC3(O)CCOCC3)ccc1-2. The molecule has 1 N–H and O–H groups in total. The molecule has 0 radical (unpaired) electrons. The molecule has 1 aromatic heterocycles. The number of rotatable bonds is 4. The minimum absolute atomic E-state index is 0.0110. The molecule has 0 spiro atoms. The number of benzene rings is 1. The van der Waals surface area contributed by atoms with E-state index in [1.807, 2.05) is 24.3 Å². The third-order valence-electron chi connectivity index (χ3n) is 6.31. The largest absolute Gasteiger partial charge is 0.477 e. The molecule has 174 valence electrons. The van der Waals surface area contributed by atoms with E-state index in [1.165, 1.54) is 0 Å². The van der Waals surface area contributed by atoms with Crippen LogP contribution in [0.3, 0.4) is 0 Å². The highest BCUT2D eigenvalue weighted by Gasteiger charge is 2.27. The van der Waals surface area contributed by atoms with Crippen LogP contribution in [0.5, 0.6) is 5.88 Å². The molecule has 1 atom stereocenters. The predicted octanol–water partition coefficient (Wildman–Crippen LogP) is 1.54. The van der Waals surface area contributed by atoms with Crippen molar-refractivity contribution in [2.75, 3.05) is 39.6 Å². The summed E-state index contributed by atoms with van der Waals surface area (Å²) in [4.78, 5) is 16.7. The molecule has 1 aromatic carbocycles.